The van der Waals surface area contributed by atoms with Crippen LogP contribution >= 0.6 is 0 Å². The predicted octanol–water partition coefficient (Wildman–Crippen LogP) is 4.84. The number of aromatic nitrogens is 1. The number of rotatable bonds is 3. The van der Waals surface area contributed by atoms with Crippen LogP contribution in [0.3, 0.4) is 0 Å². The average Bonchev–Trinajstić information content (AvgIpc) is 2.51. The van der Waals surface area contributed by atoms with Crippen molar-refractivity contribution in [2.45, 2.75) is 27.2 Å². The van der Waals surface area contributed by atoms with Crippen molar-refractivity contribution in [1.82, 2.24) is 0 Å². The van der Waals surface area contributed by atoms with Crippen molar-refractivity contribution in [3.63, 3.8) is 0 Å². The quantitative estimate of drug-likeness (QED) is 0.608. The number of nitrogens with zero attached hydrogens (tertiary/aromatic N) is 1. The molecule has 0 spiro atoms. The van der Waals surface area contributed by atoms with E-state index in [0.29, 0.717) is 5.92 Å². The minimum absolute atomic E-state index is 0.654. The number of benzene rings is 2. The fraction of sp³-hybridized carbons (Fsp3) is 0.286. The van der Waals surface area contributed by atoms with Crippen LogP contribution < -0.4 is 4.57 Å². The Labute approximate surface area is 133 Å². The topological polar surface area (TPSA) is 3.88 Å². The summed E-state index contributed by atoms with van der Waals surface area (Å²) in [6.07, 6.45) is 1.11. The van der Waals surface area contributed by atoms with Crippen LogP contribution in [-0.4, -0.2) is 0 Å². The van der Waals surface area contributed by atoms with E-state index < -0.39 is 0 Å². The van der Waals surface area contributed by atoms with E-state index in [-0.39, 0.29) is 0 Å². The largest absolute Gasteiger partial charge is 0.213 e. The van der Waals surface area contributed by atoms with Gasteiger partial charge in [-0.15, -0.1) is 0 Å². The van der Waals surface area contributed by atoms with Crippen molar-refractivity contribution in [1.29, 1.82) is 0 Å². The molecule has 3 aromatic rings. The summed E-state index contributed by atoms with van der Waals surface area (Å²) in [5.41, 5.74) is 6.69. The first-order valence-corrected chi connectivity index (χ1v) is 8.04. The first-order valence-electron chi connectivity index (χ1n) is 8.04. The molecule has 0 radical (unpaired) electrons. The lowest BCUT2D eigenvalue weighted by Crippen LogP contribution is -2.32. The van der Waals surface area contributed by atoms with Gasteiger partial charge in [0.1, 0.15) is 7.05 Å². The maximum absolute atomic E-state index is 2.38. The highest BCUT2D eigenvalue weighted by Crippen LogP contribution is 2.26. The van der Waals surface area contributed by atoms with E-state index in [0.717, 1.165) is 6.42 Å². The van der Waals surface area contributed by atoms with Crippen molar-refractivity contribution in [3.05, 3.63) is 65.7 Å². The molecule has 0 bridgehead atoms. The van der Waals surface area contributed by atoms with Gasteiger partial charge in [-0.05, 0) is 42.5 Å². The smallest absolute Gasteiger partial charge is 0.194 e. The van der Waals surface area contributed by atoms with E-state index in [1.807, 2.05) is 0 Å². The molecule has 22 heavy (non-hydrogen) atoms. The van der Waals surface area contributed by atoms with Gasteiger partial charge in [0.25, 0.3) is 0 Å². The molecule has 0 N–H and O–H groups in total. The maximum Gasteiger partial charge on any atom is 0.213 e. The van der Waals surface area contributed by atoms with Crippen LogP contribution in [0, 0.1) is 12.8 Å². The summed E-state index contributed by atoms with van der Waals surface area (Å²) in [4.78, 5) is 0. The summed E-state index contributed by atoms with van der Waals surface area (Å²) in [6.45, 7) is 6.76. The lowest BCUT2D eigenvalue weighted by atomic mass is 9.95. The second-order valence-corrected chi connectivity index (χ2v) is 6.54. The summed E-state index contributed by atoms with van der Waals surface area (Å²) in [5.74, 6) is 0.654. The summed E-state index contributed by atoms with van der Waals surface area (Å²) in [5, 5.41) is 1.37. The monoisotopic (exact) mass is 290 g/mol. The molecule has 112 valence electrons. The van der Waals surface area contributed by atoms with Crippen LogP contribution in [0.15, 0.2) is 54.6 Å². The average molecular weight is 290 g/mol. The zero-order valence-electron chi connectivity index (χ0n) is 13.9. The normalized spacial score (nSPS) is 11.3. The van der Waals surface area contributed by atoms with Crippen molar-refractivity contribution in [3.8, 4) is 11.3 Å². The zero-order chi connectivity index (χ0) is 15.7. The minimum atomic E-state index is 0.654. The molecule has 1 aromatic heterocycles. The van der Waals surface area contributed by atoms with Crippen LogP contribution in [-0.2, 0) is 13.5 Å². The zero-order valence-corrected chi connectivity index (χ0v) is 13.9. The van der Waals surface area contributed by atoms with Gasteiger partial charge in [0.2, 0.25) is 11.2 Å². The van der Waals surface area contributed by atoms with E-state index >= 15 is 0 Å². The van der Waals surface area contributed by atoms with Gasteiger partial charge in [-0.2, -0.15) is 4.57 Å². The van der Waals surface area contributed by atoms with Gasteiger partial charge in [-0.25, -0.2) is 0 Å². The summed E-state index contributed by atoms with van der Waals surface area (Å²) >= 11 is 0. The maximum atomic E-state index is 2.38. The highest BCUT2D eigenvalue weighted by molar-refractivity contribution is 5.82. The first kappa shape index (κ1) is 14.8. The van der Waals surface area contributed by atoms with Crippen LogP contribution in [0.5, 0.6) is 0 Å². The van der Waals surface area contributed by atoms with Crippen LogP contribution in [0.2, 0.25) is 0 Å². The standard InChI is InChI=1S/C21H24N/c1-15(2)13-17-14-21(18-10-6-5-9-16(18)3)22(4)20-12-8-7-11-19(17)20/h5-12,14-15H,13H2,1-4H3/q+1. The number of hydrogen-bond donors (Lipinski definition) is 0. The summed E-state index contributed by atoms with van der Waals surface area (Å²) < 4.78 is 2.32. The number of pyridine rings is 1. The molecular weight excluding hydrogens is 266 g/mol. The van der Waals surface area contributed by atoms with E-state index in [9.17, 15) is 0 Å². The molecule has 0 aliphatic heterocycles. The molecule has 0 saturated carbocycles. The van der Waals surface area contributed by atoms with Gasteiger partial charge in [0.15, 0.2) is 0 Å². The summed E-state index contributed by atoms with van der Waals surface area (Å²) in [7, 11) is 2.17. The van der Waals surface area contributed by atoms with Crippen molar-refractivity contribution in [2.75, 3.05) is 0 Å². The number of aryl methyl sites for hydroxylation is 2. The van der Waals surface area contributed by atoms with E-state index in [1.165, 1.54) is 33.3 Å². The molecule has 0 amide bonds. The SMILES string of the molecule is Cc1ccccc1-c1cc(CC(C)C)c2ccccc2[n+]1C. The Bertz CT molecular complexity index is 815. The van der Waals surface area contributed by atoms with Gasteiger partial charge >= 0.3 is 0 Å². The molecule has 1 heterocycles. The lowest BCUT2D eigenvalue weighted by molar-refractivity contribution is -0.633. The van der Waals surface area contributed by atoms with Crippen LogP contribution in [0.25, 0.3) is 22.2 Å². The van der Waals surface area contributed by atoms with Crippen molar-refractivity contribution in [2.24, 2.45) is 13.0 Å². The predicted molar refractivity (Wildman–Crippen MR) is 93.8 cm³/mol. The first-order chi connectivity index (χ1) is 10.6. The van der Waals surface area contributed by atoms with E-state index in [4.69, 9.17) is 0 Å². The second-order valence-electron chi connectivity index (χ2n) is 6.54. The lowest BCUT2D eigenvalue weighted by Gasteiger charge is -2.12. The highest BCUT2D eigenvalue weighted by Gasteiger charge is 2.19. The number of para-hydroxylation sites is 1. The van der Waals surface area contributed by atoms with Gasteiger partial charge in [0.05, 0.1) is 0 Å². The third kappa shape index (κ3) is 2.64. The molecule has 0 saturated heterocycles. The Hall–Kier alpha value is -2.15. The van der Waals surface area contributed by atoms with Crippen molar-refractivity contribution < 1.29 is 4.57 Å². The molecule has 0 fully saturated rings. The van der Waals surface area contributed by atoms with Crippen LogP contribution in [0.4, 0.5) is 0 Å². The minimum Gasteiger partial charge on any atom is -0.194 e. The number of fused-ring (bicyclic) bond motifs is 1. The highest BCUT2D eigenvalue weighted by atomic mass is 14.9. The molecule has 1 heteroatoms. The molecule has 0 unspecified atom stereocenters. The van der Waals surface area contributed by atoms with E-state index in [2.05, 4.69) is 87.0 Å². The fourth-order valence-corrected chi connectivity index (χ4v) is 3.23. The van der Waals surface area contributed by atoms with E-state index in [1.54, 1.807) is 0 Å². The van der Waals surface area contributed by atoms with Gasteiger partial charge in [-0.3, -0.25) is 0 Å². The molecule has 3 rings (SSSR count). The Kier molecular flexibility index (Phi) is 3.98. The molecule has 0 atom stereocenters. The summed E-state index contributed by atoms with van der Waals surface area (Å²) in [6, 6.07) is 19.8. The fourth-order valence-electron chi connectivity index (χ4n) is 3.23. The third-order valence-electron chi connectivity index (χ3n) is 4.33. The van der Waals surface area contributed by atoms with Crippen molar-refractivity contribution >= 4 is 10.9 Å². The van der Waals surface area contributed by atoms with Gasteiger partial charge in [-0.1, -0.05) is 44.2 Å². The Balaban J connectivity index is 2.32. The van der Waals surface area contributed by atoms with Gasteiger partial charge < -0.3 is 0 Å². The molecule has 0 aliphatic rings. The Morgan fingerprint density at radius 2 is 1.64 bits per heavy atom. The van der Waals surface area contributed by atoms with Gasteiger partial charge in [0, 0.05) is 23.1 Å². The van der Waals surface area contributed by atoms with Crippen LogP contribution in [0.1, 0.15) is 25.0 Å². The number of hydrogen-bond acceptors (Lipinski definition) is 0. The second kappa shape index (κ2) is 5.92. The Morgan fingerprint density at radius 3 is 2.36 bits per heavy atom. The third-order valence-corrected chi connectivity index (χ3v) is 4.33. The Morgan fingerprint density at radius 1 is 0.955 bits per heavy atom. The molecule has 2 aromatic carbocycles. The molecule has 0 aliphatic carbocycles. The molecular formula is C21H24N+. The molecule has 1 nitrogen and oxygen atoms in total.